The quantitative estimate of drug-likeness (QED) is 0.322. The van der Waals surface area contributed by atoms with Gasteiger partial charge in [-0.15, -0.1) is 0 Å². The normalized spacial score (nSPS) is 20.1. The molecule has 2 N–H and O–H groups in total. The Balaban J connectivity index is 0.000000511. The summed E-state index contributed by atoms with van der Waals surface area (Å²) in [6, 6.07) is 0. The van der Waals surface area contributed by atoms with Crippen LogP contribution in [-0.4, -0.2) is 34.2 Å². The van der Waals surface area contributed by atoms with Crippen LogP contribution in [0.15, 0.2) is 12.7 Å². The predicted molar refractivity (Wildman–Crippen MR) is 104 cm³/mol. The predicted octanol–water partition coefficient (Wildman–Crippen LogP) is 4.67. The topological polar surface area (TPSA) is 101 Å². The lowest BCUT2D eigenvalue weighted by Crippen LogP contribution is -2.32. The van der Waals surface area contributed by atoms with Gasteiger partial charge in [-0.05, 0) is 38.0 Å². The molecule has 1 aliphatic carbocycles. The Kier molecular flexibility index (Phi) is 13.3. The van der Waals surface area contributed by atoms with E-state index in [1.54, 1.807) is 0 Å². The number of aliphatic carboxylic acids is 2. The molecule has 1 rings (SSSR count). The van der Waals surface area contributed by atoms with Gasteiger partial charge in [-0.2, -0.15) is 0 Å². The molecule has 1 saturated carbocycles. The fourth-order valence-corrected chi connectivity index (χ4v) is 3.31. The molecule has 0 radical (unpaired) electrons. The van der Waals surface area contributed by atoms with Crippen molar-refractivity contribution in [3.05, 3.63) is 12.7 Å². The molecule has 1 aliphatic rings. The number of carbonyl (C=O) groups is 3. The Morgan fingerprint density at radius 2 is 1.59 bits per heavy atom. The molecule has 27 heavy (non-hydrogen) atoms. The first-order valence-electron chi connectivity index (χ1n) is 10.0. The molecule has 3 unspecified atom stereocenters. The van der Waals surface area contributed by atoms with Crippen LogP contribution < -0.4 is 0 Å². The minimum absolute atomic E-state index is 0.0713. The molecule has 156 valence electrons. The van der Waals surface area contributed by atoms with Gasteiger partial charge in [0, 0.05) is 6.08 Å². The first-order valence-corrected chi connectivity index (χ1v) is 10.0. The van der Waals surface area contributed by atoms with Crippen LogP contribution in [0, 0.1) is 17.8 Å². The van der Waals surface area contributed by atoms with Crippen molar-refractivity contribution in [2.24, 2.45) is 17.8 Å². The van der Waals surface area contributed by atoms with E-state index in [4.69, 9.17) is 14.9 Å². The highest BCUT2D eigenvalue weighted by molar-refractivity contribution is 5.81. The summed E-state index contributed by atoms with van der Waals surface area (Å²) in [5, 5.41) is 17.4. The summed E-state index contributed by atoms with van der Waals surface area (Å²) in [6.07, 6.45) is 9.46. The lowest BCUT2D eigenvalue weighted by Gasteiger charge is -2.24. The second kappa shape index (κ2) is 14.2. The summed E-state index contributed by atoms with van der Waals surface area (Å²) in [6.45, 7) is 9.88. The monoisotopic (exact) mass is 384 g/mol. The van der Waals surface area contributed by atoms with E-state index in [-0.39, 0.29) is 12.1 Å². The molecule has 0 aromatic heterocycles. The van der Waals surface area contributed by atoms with Gasteiger partial charge >= 0.3 is 17.9 Å². The van der Waals surface area contributed by atoms with Crippen LogP contribution in [0.25, 0.3) is 0 Å². The number of hydrogen-bond acceptors (Lipinski definition) is 4. The lowest BCUT2D eigenvalue weighted by atomic mass is 9.79. The van der Waals surface area contributed by atoms with Crippen molar-refractivity contribution >= 4 is 17.9 Å². The zero-order valence-corrected chi connectivity index (χ0v) is 17.0. The first kappa shape index (κ1) is 25.1. The van der Waals surface area contributed by atoms with Crippen molar-refractivity contribution in [3.63, 3.8) is 0 Å². The summed E-state index contributed by atoms with van der Waals surface area (Å²) in [4.78, 5) is 32.3. The van der Waals surface area contributed by atoms with Crippen molar-refractivity contribution in [2.75, 3.05) is 0 Å². The summed E-state index contributed by atoms with van der Waals surface area (Å²) in [5.41, 5.74) is 0. The Bertz CT molecular complexity index is 449. The minimum Gasteiger partial charge on any atom is -0.481 e. The largest absolute Gasteiger partial charge is 0.481 e. The smallest absolute Gasteiger partial charge is 0.330 e. The van der Waals surface area contributed by atoms with Crippen molar-refractivity contribution in [2.45, 2.75) is 84.7 Å². The van der Waals surface area contributed by atoms with Crippen molar-refractivity contribution in [1.29, 1.82) is 0 Å². The lowest BCUT2D eigenvalue weighted by molar-refractivity contribution is -0.155. The average molecular weight is 385 g/mol. The highest BCUT2D eigenvalue weighted by Crippen LogP contribution is 2.30. The number of carbonyl (C=O) groups excluding carboxylic acids is 1. The molecule has 0 amide bonds. The molecule has 0 saturated heterocycles. The number of esters is 1. The molecule has 0 aromatic rings. The van der Waals surface area contributed by atoms with Crippen molar-refractivity contribution in [3.8, 4) is 0 Å². The van der Waals surface area contributed by atoms with E-state index < -0.39 is 23.8 Å². The summed E-state index contributed by atoms with van der Waals surface area (Å²) < 4.78 is 5.30. The van der Waals surface area contributed by atoms with Gasteiger partial charge in [-0.1, -0.05) is 53.0 Å². The Hall–Kier alpha value is -1.85. The van der Waals surface area contributed by atoms with E-state index in [0.717, 1.165) is 32.1 Å². The van der Waals surface area contributed by atoms with Crippen molar-refractivity contribution in [1.82, 2.24) is 0 Å². The van der Waals surface area contributed by atoms with Gasteiger partial charge < -0.3 is 14.9 Å². The van der Waals surface area contributed by atoms with Gasteiger partial charge in [0.05, 0.1) is 11.8 Å². The van der Waals surface area contributed by atoms with Gasteiger partial charge in [-0.25, -0.2) is 4.79 Å². The highest BCUT2D eigenvalue weighted by Gasteiger charge is 2.35. The van der Waals surface area contributed by atoms with E-state index >= 15 is 0 Å². The number of ether oxygens (including phenoxy) is 1. The van der Waals surface area contributed by atoms with E-state index in [0.29, 0.717) is 18.8 Å². The fourth-order valence-electron chi connectivity index (χ4n) is 3.31. The third-order valence-electron chi connectivity index (χ3n) is 4.71. The standard InChI is InChI=1S/C13H24O2.C8H12O4/c1-5-7-8-9-12(10-11(3)4)15-13(14)6-2;9-7(10)5-3-1-2-4-6(5)8(11)12/h6,11-12H,2,5,7-10H2,1,3-4H3;5-6H,1-4H2,(H,9,10)(H,11,12). The summed E-state index contributed by atoms with van der Waals surface area (Å²) >= 11 is 0. The maximum atomic E-state index is 11.1. The molecule has 3 atom stereocenters. The van der Waals surface area contributed by atoms with Crippen LogP contribution in [0.2, 0.25) is 0 Å². The van der Waals surface area contributed by atoms with Crippen LogP contribution in [0.5, 0.6) is 0 Å². The van der Waals surface area contributed by atoms with Crippen LogP contribution in [-0.2, 0) is 19.1 Å². The van der Waals surface area contributed by atoms with Gasteiger partial charge in [0.1, 0.15) is 6.10 Å². The average Bonchev–Trinajstić information content (AvgIpc) is 2.61. The third kappa shape index (κ3) is 11.5. The van der Waals surface area contributed by atoms with Gasteiger partial charge in [0.25, 0.3) is 0 Å². The van der Waals surface area contributed by atoms with E-state index in [2.05, 4.69) is 27.4 Å². The fraction of sp³-hybridized carbons (Fsp3) is 0.762. The Labute approximate surface area is 163 Å². The first-order chi connectivity index (χ1) is 12.7. The summed E-state index contributed by atoms with van der Waals surface area (Å²) in [7, 11) is 0. The van der Waals surface area contributed by atoms with Crippen LogP contribution in [0.4, 0.5) is 0 Å². The zero-order chi connectivity index (χ0) is 20.8. The molecule has 0 aromatic carbocycles. The van der Waals surface area contributed by atoms with Gasteiger partial charge in [-0.3, -0.25) is 9.59 Å². The molecule has 6 heteroatoms. The van der Waals surface area contributed by atoms with Gasteiger partial charge in [0.15, 0.2) is 0 Å². The molecule has 0 heterocycles. The van der Waals surface area contributed by atoms with Crippen LogP contribution in [0.1, 0.15) is 78.6 Å². The Morgan fingerprint density at radius 3 is 1.96 bits per heavy atom. The highest BCUT2D eigenvalue weighted by atomic mass is 16.5. The molecule has 6 nitrogen and oxygen atoms in total. The van der Waals surface area contributed by atoms with E-state index in [1.807, 2.05) is 0 Å². The van der Waals surface area contributed by atoms with Crippen LogP contribution in [0.3, 0.4) is 0 Å². The molecular formula is C21H36O6. The Morgan fingerprint density at radius 1 is 1.07 bits per heavy atom. The SMILES string of the molecule is C=CC(=O)OC(CCCCC)CC(C)C.O=C(O)C1CCCCC1C(=O)O. The van der Waals surface area contributed by atoms with Crippen LogP contribution >= 0.6 is 0 Å². The van der Waals surface area contributed by atoms with E-state index in [9.17, 15) is 14.4 Å². The third-order valence-corrected chi connectivity index (χ3v) is 4.71. The molecule has 0 spiro atoms. The summed E-state index contributed by atoms with van der Waals surface area (Å²) in [5.74, 6) is -3.01. The van der Waals surface area contributed by atoms with Gasteiger partial charge in [0.2, 0.25) is 0 Å². The zero-order valence-electron chi connectivity index (χ0n) is 17.0. The number of unbranched alkanes of at least 4 members (excludes halogenated alkanes) is 2. The minimum atomic E-state index is -0.970. The molecule has 0 bridgehead atoms. The number of carboxylic acid groups (broad SMARTS) is 2. The van der Waals surface area contributed by atoms with E-state index in [1.165, 1.54) is 18.9 Å². The second-order valence-corrected chi connectivity index (χ2v) is 7.56. The number of rotatable bonds is 10. The van der Waals surface area contributed by atoms with Crippen molar-refractivity contribution < 1.29 is 29.3 Å². The maximum absolute atomic E-state index is 11.1. The molecule has 1 fully saturated rings. The number of carboxylic acids is 2. The number of hydrogen-bond donors (Lipinski definition) is 2. The molecule has 0 aliphatic heterocycles. The maximum Gasteiger partial charge on any atom is 0.330 e. The second-order valence-electron chi connectivity index (χ2n) is 7.56. The molecular weight excluding hydrogens is 348 g/mol.